The standard InChI is InChI=1S/C20H18F7NO4S/c1-19(2,3)32-15(29)10-28(9-11-6-4-5-7-12(11)20(25,26)27)33(30,31)18-14(22)8-13(21)16(23)17(18)24/h4-8H,9-10H2,1-3H3. The van der Waals surface area contributed by atoms with Gasteiger partial charge in [-0.2, -0.15) is 17.5 Å². The van der Waals surface area contributed by atoms with Gasteiger partial charge in [-0.05, 0) is 32.4 Å². The highest BCUT2D eigenvalue weighted by atomic mass is 32.2. The van der Waals surface area contributed by atoms with Crippen LogP contribution in [0.4, 0.5) is 30.7 Å². The van der Waals surface area contributed by atoms with E-state index in [0.717, 1.165) is 18.2 Å². The molecule has 0 fully saturated rings. The van der Waals surface area contributed by atoms with E-state index in [1.807, 2.05) is 0 Å². The first-order valence-electron chi connectivity index (χ1n) is 9.15. The van der Waals surface area contributed by atoms with Gasteiger partial charge in [0.05, 0.1) is 5.56 Å². The van der Waals surface area contributed by atoms with Gasteiger partial charge in [0.15, 0.2) is 22.3 Å². The zero-order valence-corrected chi connectivity index (χ0v) is 18.3. The van der Waals surface area contributed by atoms with Crippen LogP contribution in [0.25, 0.3) is 0 Å². The van der Waals surface area contributed by atoms with Gasteiger partial charge in [0.1, 0.15) is 18.0 Å². The smallest absolute Gasteiger partial charge is 0.416 e. The maximum atomic E-state index is 14.2. The van der Waals surface area contributed by atoms with Crippen LogP contribution >= 0.6 is 0 Å². The van der Waals surface area contributed by atoms with Crippen LogP contribution in [0.2, 0.25) is 0 Å². The quantitative estimate of drug-likeness (QED) is 0.247. The summed E-state index contributed by atoms with van der Waals surface area (Å²) in [7, 11) is -5.50. The number of nitrogens with zero attached hydrogens (tertiary/aromatic N) is 1. The third-order valence-electron chi connectivity index (χ3n) is 4.06. The predicted molar refractivity (Wildman–Crippen MR) is 101 cm³/mol. The molecule has 0 amide bonds. The van der Waals surface area contributed by atoms with Crippen molar-refractivity contribution in [1.29, 1.82) is 0 Å². The summed E-state index contributed by atoms with van der Waals surface area (Å²) in [6, 6.07) is 3.45. The highest BCUT2D eigenvalue weighted by Crippen LogP contribution is 2.34. The van der Waals surface area contributed by atoms with Gasteiger partial charge in [-0.1, -0.05) is 18.2 Å². The first-order chi connectivity index (χ1) is 14.9. The Labute approximate surface area is 184 Å². The summed E-state index contributed by atoms with van der Waals surface area (Å²) in [6.45, 7) is 1.78. The number of rotatable bonds is 6. The Morgan fingerprint density at radius 2 is 1.55 bits per heavy atom. The summed E-state index contributed by atoms with van der Waals surface area (Å²) in [6.07, 6.45) is -4.93. The molecule has 13 heteroatoms. The van der Waals surface area contributed by atoms with Crippen molar-refractivity contribution in [3.63, 3.8) is 0 Å². The SMILES string of the molecule is CC(C)(C)OC(=O)CN(Cc1ccccc1C(F)(F)F)S(=O)(=O)c1c(F)cc(F)c(F)c1F. The zero-order chi connectivity index (χ0) is 25.4. The minimum Gasteiger partial charge on any atom is -0.459 e. The van der Waals surface area contributed by atoms with Crippen LogP contribution in [0.1, 0.15) is 31.9 Å². The minimum atomic E-state index is -5.50. The van der Waals surface area contributed by atoms with Gasteiger partial charge in [-0.3, -0.25) is 4.79 Å². The monoisotopic (exact) mass is 501 g/mol. The Morgan fingerprint density at radius 3 is 2.09 bits per heavy atom. The molecule has 0 heterocycles. The molecule has 0 saturated carbocycles. The Hall–Kier alpha value is -2.67. The van der Waals surface area contributed by atoms with Crippen molar-refractivity contribution >= 4 is 16.0 Å². The molecule has 0 aromatic heterocycles. The number of hydrogen-bond donors (Lipinski definition) is 0. The maximum absolute atomic E-state index is 14.2. The van der Waals surface area contributed by atoms with Gasteiger partial charge >= 0.3 is 12.1 Å². The molecule has 2 aromatic rings. The van der Waals surface area contributed by atoms with Crippen LogP contribution in [0, 0.1) is 23.3 Å². The Bertz CT molecular complexity index is 1160. The first-order valence-corrected chi connectivity index (χ1v) is 10.6. The largest absolute Gasteiger partial charge is 0.459 e. The number of benzene rings is 2. The second-order valence-corrected chi connectivity index (χ2v) is 9.69. The van der Waals surface area contributed by atoms with Gasteiger partial charge in [0.25, 0.3) is 0 Å². The number of ether oxygens (including phenoxy) is 1. The lowest BCUT2D eigenvalue weighted by Gasteiger charge is -2.26. The van der Waals surface area contributed by atoms with Crippen LogP contribution in [0.3, 0.4) is 0 Å². The molecule has 0 N–H and O–H groups in total. The van der Waals surface area contributed by atoms with Gasteiger partial charge in [0, 0.05) is 12.6 Å². The summed E-state index contributed by atoms with van der Waals surface area (Å²) in [4.78, 5) is 10.3. The van der Waals surface area contributed by atoms with Gasteiger partial charge < -0.3 is 4.74 Å². The van der Waals surface area contributed by atoms with Crippen molar-refractivity contribution in [2.45, 2.75) is 44.0 Å². The van der Waals surface area contributed by atoms with E-state index in [-0.39, 0.29) is 10.4 Å². The molecule has 2 rings (SSSR count). The Kier molecular flexibility index (Phi) is 7.49. The molecule has 0 atom stereocenters. The molecule has 0 aliphatic rings. The maximum Gasteiger partial charge on any atom is 0.416 e. The minimum absolute atomic E-state index is 0.00944. The second kappa shape index (κ2) is 9.29. The third kappa shape index (κ3) is 6.22. The van der Waals surface area contributed by atoms with E-state index in [2.05, 4.69) is 0 Å². The van der Waals surface area contributed by atoms with Crippen LogP contribution in [-0.2, 0) is 32.3 Å². The lowest BCUT2D eigenvalue weighted by atomic mass is 10.1. The van der Waals surface area contributed by atoms with Crippen molar-refractivity contribution in [3.8, 4) is 0 Å². The molecule has 33 heavy (non-hydrogen) atoms. The van der Waals surface area contributed by atoms with Crippen LogP contribution in [-0.4, -0.2) is 30.8 Å². The molecule has 0 aliphatic heterocycles. The summed E-state index contributed by atoms with van der Waals surface area (Å²) < 4.78 is 126. The van der Waals surface area contributed by atoms with Crippen molar-refractivity contribution in [2.24, 2.45) is 0 Å². The molecule has 0 radical (unpaired) electrons. The normalized spacial score (nSPS) is 12.8. The third-order valence-corrected chi connectivity index (χ3v) is 5.89. The Morgan fingerprint density at radius 1 is 0.970 bits per heavy atom. The molecular weight excluding hydrogens is 483 g/mol. The number of carbonyl (C=O) groups excluding carboxylic acids is 1. The number of carbonyl (C=O) groups is 1. The number of hydrogen-bond acceptors (Lipinski definition) is 4. The molecule has 0 aliphatic carbocycles. The number of halogens is 7. The number of alkyl halides is 3. The van der Waals surface area contributed by atoms with Crippen molar-refractivity contribution in [1.82, 2.24) is 4.31 Å². The zero-order valence-electron chi connectivity index (χ0n) is 17.4. The van der Waals surface area contributed by atoms with Crippen LogP contribution in [0.15, 0.2) is 35.2 Å². The van der Waals surface area contributed by atoms with E-state index >= 15 is 0 Å². The summed E-state index contributed by atoms with van der Waals surface area (Å²) in [5.74, 6) is -10.1. The van der Waals surface area contributed by atoms with Crippen molar-refractivity contribution in [3.05, 3.63) is 64.7 Å². The fourth-order valence-corrected chi connectivity index (χ4v) is 4.25. The van der Waals surface area contributed by atoms with E-state index < -0.39 is 80.2 Å². The topological polar surface area (TPSA) is 63.7 Å². The van der Waals surface area contributed by atoms with Gasteiger partial charge in [-0.15, -0.1) is 0 Å². The van der Waals surface area contributed by atoms with E-state index in [1.165, 1.54) is 20.8 Å². The van der Waals surface area contributed by atoms with E-state index in [1.54, 1.807) is 0 Å². The Balaban J connectivity index is 2.64. The average Bonchev–Trinajstić information content (AvgIpc) is 2.63. The molecule has 2 aromatic carbocycles. The van der Waals surface area contributed by atoms with Crippen molar-refractivity contribution < 1.29 is 48.7 Å². The average molecular weight is 501 g/mol. The molecule has 0 unspecified atom stereocenters. The number of esters is 1. The fraction of sp³-hybridized carbons (Fsp3) is 0.350. The van der Waals surface area contributed by atoms with Crippen LogP contribution in [0.5, 0.6) is 0 Å². The molecular formula is C20H18F7NO4S. The second-order valence-electron chi connectivity index (χ2n) is 7.81. The number of sulfonamides is 1. The van der Waals surface area contributed by atoms with E-state index in [0.29, 0.717) is 6.07 Å². The van der Waals surface area contributed by atoms with Gasteiger partial charge in [0.2, 0.25) is 10.0 Å². The summed E-state index contributed by atoms with van der Waals surface area (Å²) in [5.41, 5.74) is -3.09. The molecule has 0 bridgehead atoms. The molecule has 0 saturated heterocycles. The highest BCUT2D eigenvalue weighted by molar-refractivity contribution is 7.89. The lowest BCUT2D eigenvalue weighted by molar-refractivity contribution is -0.155. The van der Waals surface area contributed by atoms with E-state index in [9.17, 15) is 43.9 Å². The van der Waals surface area contributed by atoms with Gasteiger partial charge in [-0.25, -0.2) is 26.0 Å². The predicted octanol–water partition coefficient (Wildman–Crippen LogP) is 4.79. The fourth-order valence-electron chi connectivity index (χ4n) is 2.78. The molecule has 5 nitrogen and oxygen atoms in total. The molecule has 182 valence electrons. The first kappa shape index (κ1) is 26.6. The summed E-state index contributed by atoms with van der Waals surface area (Å²) >= 11 is 0. The highest BCUT2D eigenvalue weighted by Gasteiger charge is 2.38. The van der Waals surface area contributed by atoms with E-state index in [4.69, 9.17) is 4.74 Å². The molecule has 0 spiro atoms. The van der Waals surface area contributed by atoms with Crippen molar-refractivity contribution in [2.75, 3.05) is 6.54 Å². The lowest BCUT2D eigenvalue weighted by Crippen LogP contribution is -2.39. The van der Waals surface area contributed by atoms with Crippen LogP contribution < -0.4 is 0 Å². The summed E-state index contributed by atoms with van der Waals surface area (Å²) in [5, 5.41) is 0.